The van der Waals surface area contributed by atoms with Crippen molar-refractivity contribution in [2.24, 2.45) is 0 Å². The molecule has 0 saturated carbocycles. The Kier molecular flexibility index (Phi) is 5.30. The standard InChI is InChI=1S/C14H19Cl3O2Si/c1-3-14(2)18-10-12-9-11(6-7-13(12)19-14)5-4-8-20(15,16)17/h6-7,9H,3-5,8,10H2,1-2H3. The minimum atomic E-state index is -2.50. The molecule has 1 aromatic rings. The summed E-state index contributed by atoms with van der Waals surface area (Å²) < 4.78 is 11.7. The first kappa shape index (κ1) is 16.4. The van der Waals surface area contributed by atoms with Gasteiger partial charge in [0.25, 0.3) is 0 Å². The van der Waals surface area contributed by atoms with Crippen LogP contribution in [0, 0.1) is 0 Å². The van der Waals surface area contributed by atoms with Crippen LogP contribution in [-0.4, -0.2) is 11.8 Å². The normalized spacial score (nSPS) is 22.2. The van der Waals surface area contributed by atoms with Crippen LogP contribution in [0.1, 0.15) is 37.8 Å². The number of halogens is 3. The number of ether oxygens (including phenoxy) is 2. The van der Waals surface area contributed by atoms with Crippen molar-refractivity contribution in [3.63, 3.8) is 0 Å². The zero-order valence-electron chi connectivity index (χ0n) is 11.7. The predicted octanol–water partition coefficient (Wildman–Crippen LogP) is 5.31. The molecule has 0 spiro atoms. The molecule has 0 bridgehead atoms. The molecule has 20 heavy (non-hydrogen) atoms. The molecule has 2 nitrogen and oxygen atoms in total. The van der Waals surface area contributed by atoms with E-state index in [9.17, 15) is 0 Å². The van der Waals surface area contributed by atoms with Gasteiger partial charge in [0.05, 0.1) is 6.61 Å². The van der Waals surface area contributed by atoms with E-state index in [0.29, 0.717) is 12.7 Å². The van der Waals surface area contributed by atoms with E-state index in [1.54, 1.807) is 0 Å². The highest BCUT2D eigenvalue weighted by Crippen LogP contribution is 2.34. The van der Waals surface area contributed by atoms with Gasteiger partial charge in [-0.2, -0.15) is 0 Å². The predicted molar refractivity (Wildman–Crippen MR) is 87.0 cm³/mol. The third-order valence-corrected chi connectivity index (χ3v) is 6.17. The molecule has 0 aliphatic carbocycles. The minimum absolute atomic E-state index is 0.504. The second-order valence-electron chi connectivity index (χ2n) is 5.29. The topological polar surface area (TPSA) is 18.5 Å². The minimum Gasteiger partial charge on any atom is -0.462 e. The van der Waals surface area contributed by atoms with E-state index in [-0.39, 0.29) is 0 Å². The van der Waals surface area contributed by atoms with Crippen LogP contribution in [0.5, 0.6) is 5.75 Å². The molecule has 2 rings (SSSR count). The average Bonchev–Trinajstić information content (AvgIpc) is 2.37. The van der Waals surface area contributed by atoms with Crippen LogP contribution in [0.2, 0.25) is 6.04 Å². The number of hydrogen-bond donors (Lipinski definition) is 0. The first-order chi connectivity index (χ1) is 9.31. The molecule has 6 heteroatoms. The number of rotatable bonds is 5. The Labute approximate surface area is 135 Å². The lowest BCUT2D eigenvalue weighted by Crippen LogP contribution is -2.38. The number of hydrogen-bond acceptors (Lipinski definition) is 2. The van der Waals surface area contributed by atoms with Crippen LogP contribution in [-0.2, 0) is 17.8 Å². The molecule has 1 aliphatic heterocycles. The fraction of sp³-hybridized carbons (Fsp3) is 0.571. The molecule has 1 heterocycles. The Bertz CT molecular complexity index is 476. The molecule has 1 aromatic carbocycles. The molecule has 1 aliphatic rings. The third kappa shape index (κ3) is 4.53. The van der Waals surface area contributed by atoms with E-state index in [1.165, 1.54) is 5.56 Å². The lowest BCUT2D eigenvalue weighted by molar-refractivity contribution is -0.194. The highest BCUT2D eigenvalue weighted by molar-refractivity contribution is 7.64. The first-order valence-corrected chi connectivity index (χ1v) is 12.1. The van der Waals surface area contributed by atoms with Gasteiger partial charge in [0.2, 0.25) is 5.79 Å². The highest BCUT2D eigenvalue weighted by Gasteiger charge is 2.30. The zero-order chi connectivity index (χ0) is 14.8. The Balaban J connectivity index is 1.99. The van der Waals surface area contributed by atoms with Gasteiger partial charge < -0.3 is 9.47 Å². The molecular weight excluding hydrogens is 335 g/mol. The Hall–Kier alpha value is 0.0669. The first-order valence-electron chi connectivity index (χ1n) is 6.83. The van der Waals surface area contributed by atoms with Crippen LogP contribution >= 0.6 is 33.2 Å². The SMILES string of the molecule is CCC1(C)OCc2cc(CCC[Si](Cl)(Cl)Cl)ccc2O1. The monoisotopic (exact) mass is 352 g/mol. The van der Waals surface area contributed by atoms with Crippen LogP contribution in [0.3, 0.4) is 0 Å². The van der Waals surface area contributed by atoms with Gasteiger partial charge in [-0.3, -0.25) is 0 Å². The van der Waals surface area contributed by atoms with Crippen LogP contribution < -0.4 is 4.74 Å². The van der Waals surface area contributed by atoms with E-state index < -0.39 is 11.8 Å². The zero-order valence-corrected chi connectivity index (χ0v) is 15.0. The van der Waals surface area contributed by atoms with Gasteiger partial charge in [-0.25, -0.2) is 0 Å². The number of fused-ring (bicyclic) bond motifs is 1. The molecule has 0 aromatic heterocycles. The lowest BCUT2D eigenvalue weighted by Gasteiger charge is -2.35. The van der Waals surface area contributed by atoms with E-state index in [1.807, 2.05) is 13.0 Å². The Morgan fingerprint density at radius 1 is 1.30 bits per heavy atom. The summed E-state index contributed by atoms with van der Waals surface area (Å²) in [5.41, 5.74) is 2.33. The smallest absolute Gasteiger partial charge is 0.341 e. The van der Waals surface area contributed by atoms with Crippen LogP contribution in [0.25, 0.3) is 0 Å². The molecule has 0 saturated heterocycles. The van der Waals surface area contributed by atoms with E-state index in [0.717, 1.165) is 30.6 Å². The molecular formula is C14H19Cl3O2Si. The summed E-state index contributed by atoms with van der Waals surface area (Å²) in [4.78, 5) is 0. The van der Waals surface area contributed by atoms with Crippen molar-refractivity contribution >= 4 is 39.2 Å². The van der Waals surface area contributed by atoms with Gasteiger partial charge in [0, 0.05) is 18.9 Å². The molecule has 0 N–H and O–H groups in total. The number of benzene rings is 1. The fourth-order valence-electron chi connectivity index (χ4n) is 2.16. The maximum absolute atomic E-state index is 5.90. The van der Waals surface area contributed by atoms with Crippen molar-refractivity contribution in [3.8, 4) is 5.75 Å². The summed E-state index contributed by atoms with van der Waals surface area (Å²) in [6.07, 6.45) is 2.64. The van der Waals surface area contributed by atoms with E-state index in [2.05, 4.69) is 19.1 Å². The second-order valence-corrected chi connectivity index (χ2v) is 14.6. The maximum atomic E-state index is 5.90. The average molecular weight is 354 g/mol. The van der Waals surface area contributed by atoms with Gasteiger partial charge in [0.15, 0.2) is 0 Å². The van der Waals surface area contributed by atoms with Crippen molar-refractivity contribution in [2.75, 3.05) is 0 Å². The molecule has 1 unspecified atom stereocenters. The highest BCUT2D eigenvalue weighted by atomic mass is 35.8. The van der Waals surface area contributed by atoms with Crippen molar-refractivity contribution in [3.05, 3.63) is 29.3 Å². The Morgan fingerprint density at radius 3 is 2.70 bits per heavy atom. The second kappa shape index (κ2) is 6.45. The van der Waals surface area contributed by atoms with Gasteiger partial charge in [-0.05, 0) is 36.6 Å². The van der Waals surface area contributed by atoms with Crippen LogP contribution in [0.4, 0.5) is 0 Å². The van der Waals surface area contributed by atoms with Crippen molar-refractivity contribution in [1.82, 2.24) is 0 Å². The third-order valence-electron chi connectivity index (χ3n) is 3.55. The molecule has 0 amide bonds. The molecule has 0 radical (unpaired) electrons. The largest absolute Gasteiger partial charge is 0.462 e. The summed E-state index contributed by atoms with van der Waals surface area (Å²) in [6.45, 7) is 4.61. The maximum Gasteiger partial charge on any atom is 0.341 e. The number of aryl methyl sites for hydroxylation is 1. The van der Waals surface area contributed by atoms with Gasteiger partial charge in [-0.15, -0.1) is 33.2 Å². The lowest BCUT2D eigenvalue weighted by atomic mass is 10.0. The summed E-state index contributed by atoms with van der Waals surface area (Å²) in [6, 6.07) is 4.43. The van der Waals surface area contributed by atoms with Gasteiger partial charge in [0.1, 0.15) is 5.75 Å². The molecule has 1 atom stereocenters. The molecule has 0 fully saturated rings. The molecule has 112 valence electrons. The van der Waals surface area contributed by atoms with Crippen molar-refractivity contribution in [1.29, 1.82) is 0 Å². The van der Waals surface area contributed by atoms with Gasteiger partial charge >= 0.3 is 6.00 Å². The van der Waals surface area contributed by atoms with Crippen LogP contribution in [0.15, 0.2) is 18.2 Å². The van der Waals surface area contributed by atoms with Crippen molar-refractivity contribution in [2.45, 2.75) is 51.5 Å². The summed E-state index contributed by atoms with van der Waals surface area (Å²) >= 11 is 17.7. The summed E-state index contributed by atoms with van der Waals surface area (Å²) in [5.74, 6) is 0.412. The Morgan fingerprint density at radius 2 is 2.05 bits per heavy atom. The fourth-order valence-corrected chi connectivity index (χ4v) is 3.94. The van der Waals surface area contributed by atoms with Gasteiger partial charge in [-0.1, -0.05) is 13.0 Å². The summed E-state index contributed by atoms with van der Waals surface area (Å²) in [7, 11) is 0. The van der Waals surface area contributed by atoms with E-state index in [4.69, 9.17) is 42.7 Å². The van der Waals surface area contributed by atoms with E-state index >= 15 is 0 Å². The summed E-state index contributed by atoms with van der Waals surface area (Å²) in [5, 5.41) is 0. The quantitative estimate of drug-likeness (QED) is 0.527. The van der Waals surface area contributed by atoms with Crippen molar-refractivity contribution < 1.29 is 9.47 Å².